The topological polar surface area (TPSA) is 86.3 Å². The summed E-state index contributed by atoms with van der Waals surface area (Å²) in [5.74, 6) is 1.04. The highest BCUT2D eigenvalue weighted by Gasteiger charge is 2.21. The second-order valence-corrected chi connectivity index (χ2v) is 6.34. The number of carbonyl (C=O) groups excluding carboxylic acids is 2. The molecule has 0 saturated carbocycles. The van der Waals surface area contributed by atoms with Crippen molar-refractivity contribution >= 4 is 17.5 Å². The van der Waals surface area contributed by atoms with Crippen molar-refractivity contribution in [3.63, 3.8) is 0 Å². The Morgan fingerprint density at radius 3 is 2.28 bits per heavy atom. The largest absolute Gasteiger partial charge is 0.496 e. The lowest BCUT2D eigenvalue weighted by Gasteiger charge is -2.27. The molecule has 8 heteroatoms. The zero-order valence-corrected chi connectivity index (χ0v) is 16.5. The van der Waals surface area contributed by atoms with Crippen molar-refractivity contribution in [3.05, 3.63) is 48.0 Å². The fourth-order valence-corrected chi connectivity index (χ4v) is 2.92. The standard InChI is InChI=1S/C21H24N2O6/c1-26-15-11-16(27-2)13-17(12-15)29-14-20(24)22-19-6-4-3-5-18(19)21(25)23-7-9-28-10-8-23/h3-6,11-13H,7-10,14H2,1-2H3,(H,22,24). The van der Waals surface area contributed by atoms with Gasteiger partial charge in [0, 0.05) is 31.3 Å². The highest BCUT2D eigenvalue weighted by atomic mass is 16.5. The van der Waals surface area contributed by atoms with Crippen molar-refractivity contribution in [1.82, 2.24) is 4.90 Å². The van der Waals surface area contributed by atoms with Gasteiger partial charge in [-0.05, 0) is 12.1 Å². The number of anilines is 1. The number of carbonyl (C=O) groups is 2. The van der Waals surface area contributed by atoms with E-state index in [4.69, 9.17) is 18.9 Å². The highest BCUT2D eigenvalue weighted by Crippen LogP contribution is 2.27. The fourth-order valence-electron chi connectivity index (χ4n) is 2.92. The molecule has 0 radical (unpaired) electrons. The number of hydrogen-bond acceptors (Lipinski definition) is 6. The van der Waals surface area contributed by atoms with Crippen LogP contribution in [0.1, 0.15) is 10.4 Å². The number of benzene rings is 2. The van der Waals surface area contributed by atoms with E-state index in [0.29, 0.717) is 54.8 Å². The number of amides is 2. The number of morpholine rings is 1. The lowest BCUT2D eigenvalue weighted by Crippen LogP contribution is -2.41. The average Bonchev–Trinajstić information content (AvgIpc) is 2.78. The molecule has 2 aromatic rings. The van der Waals surface area contributed by atoms with Crippen molar-refractivity contribution in [1.29, 1.82) is 0 Å². The minimum Gasteiger partial charge on any atom is -0.496 e. The van der Waals surface area contributed by atoms with E-state index in [2.05, 4.69) is 5.32 Å². The van der Waals surface area contributed by atoms with Crippen LogP contribution < -0.4 is 19.5 Å². The smallest absolute Gasteiger partial charge is 0.262 e. The van der Waals surface area contributed by atoms with Crippen LogP contribution in [0.15, 0.2) is 42.5 Å². The van der Waals surface area contributed by atoms with Crippen molar-refractivity contribution in [2.45, 2.75) is 0 Å². The third kappa shape index (κ3) is 5.39. The molecule has 0 atom stereocenters. The van der Waals surface area contributed by atoms with Gasteiger partial charge < -0.3 is 29.2 Å². The normalized spacial score (nSPS) is 13.5. The Morgan fingerprint density at radius 1 is 1.00 bits per heavy atom. The molecule has 2 amide bonds. The summed E-state index contributed by atoms with van der Waals surface area (Å²) in [6, 6.07) is 11.9. The first-order valence-electron chi connectivity index (χ1n) is 9.22. The first kappa shape index (κ1) is 20.5. The van der Waals surface area contributed by atoms with Crippen molar-refractivity contribution in [2.75, 3.05) is 52.4 Å². The number of nitrogens with zero attached hydrogens (tertiary/aromatic N) is 1. The average molecular weight is 400 g/mol. The SMILES string of the molecule is COc1cc(OC)cc(OCC(=O)Nc2ccccc2C(=O)N2CCOCC2)c1. The van der Waals surface area contributed by atoms with Gasteiger partial charge in [0.05, 0.1) is 38.7 Å². The van der Waals surface area contributed by atoms with Crippen LogP contribution in [0, 0.1) is 0 Å². The van der Waals surface area contributed by atoms with Gasteiger partial charge >= 0.3 is 0 Å². The van der Waals surface area contributed by atoms with Crippen molar-refractivity contribution in [2.24, 2.45) is 0 Å². The van der Waals surface area contributed by atoms with E-state index in [0.717, 1.165) is 0 Å². The molecule has 0 spiro atoms. The fraction of sp³-hybridized carbons (Fsp3) is 0.333. The van der Waals surface area contributed by atoms with Crippen LogP contribution in [0.5, 0.6) is 17.2 Å². The van der Waals surface area contributed by atoms with Crippen LogP contribution in [0.25, 0.3) is 0 Å². The molecule has 1 aliphatic heterocycles. The predicted molar refractivity (Wildman–Crippen MR) is 107 cm³/mol. The van der Waals surface area contributed by atoms with Crippen LogP contribution in [0.2, 0.25) is 0 Å². The van der Waals surface area contributed by atoms with Crippen molar-refractivity contribution < 1.29 is 28.5 Å². The summed E-state index contributed by atoms with van der Waals surface area (Å²) in [6.45, 7) is 1.86. The van der Waals surface area contributed by atoms with Gasteiger partial charge in [0.25, 0.3) is 11.8 Å². The van der Waals surface area contributed by atoms with Crippen LogP contribution in [-0.4, -0.2) is 63.8 Å². The Labute approximate surface area is 169 Å². The summed E-state index contributed by atoms with van der Waals surface area (Å²) >= 11 is 0. The van der Waals surface area contributed by atoms with Gasteiger partial charge in [-0.1, -0.05) is 12.1 Å². The number of para-hydroxylation sites is 1. The Hall–Kier alpha value is -3.26. The molecule has 1 aliphatic rings. The van der Waals surface area contributed by atoms with E-state index in [1.54, 1.807) is 47.4 Å². The monoisotopic (exact) mass is 400 g/mol. The Kier molecular flexibility index (Phi) is 6.91. The van der Waals surface area contributed by atoms with Crippen molar-refractivity contribution in [3.8, 4) is 17.2 Å². The molecule has 0 aliphatic carbocycles. The minimum atomic E-state index is -0.381. The Balaban J connectivity index is 1.65. The van der Waals surface area contributed by atoms with Gasteiger partial charge in [0.2, 0.25) is 0 Å². The van der Waals surface area contributed by atoms with E-state index in [1.807, 2.05) is 0 Å². The summed E-state index contributed by atoms with van der Waals surface area (Å²) in [5.41, 5.74) is 0.881. The molecule has 0 aromatic heterocycles. The van der Waals surface area contributed by atoms with Gasteiger partial charge in [0.15, 0.2) is 6.61 Å². The third-order valence-corrected chi connectivity index (χ3v) is 4.42. The molecule has 3 rings (SSSR count). The number of ether oxygens (including phenoxy) is 4. The third-order valence-electron chi connectivity index (χ3n) is 4.42. The number of rotatable bonds is 7. The molecule has 2 aromatic carbocycles. The van der Waals surface area contributed by atoms with Crippen LogP contribution in [0.4, 0.5) is 5.69 Å². The zero-order chi connectivity index (χ0) is 20.6. The molecule has 0 unspecified atom stereocenters. The lowest BCUT2D eigenvalue weighted by molar-refractivity contribution is -0.118. The van der Waals surface area contributed by atoms with E-state index < -0.39 is 0 Å². The number of methoxy groups -OCH3 is 2. The van der Waals surface area contributed by atoms with E-state index in [1.165, 1.54) is 14.2 Å². The predicted octanol–water partition coefficient (Wildman–Crippen LogP) is 2.19. The van der Waals surface area contributed by atoms with Crippen LogP contribution in [-0.2, 0) is 9.53 Å². The minimum absolute atomic E-state index is 0.136. The quantitative estimate of drug-likeness (QED) is 0.767. The molecular formula is C21H24N2O6. The van der Waals surface area contributed by atoms with E-state index in [-0.39, 0.29) is 18.4 Å². The first-order chi connectivity index (χ1) is 14.1. The van der Waals surface area contributed by atoms with Gasteiger partial charge in [-0.3, -0.25) is 9.59 Å². The summed E-state index contributed by atoms with van der Waals surface area (Å²) in [4.78, 5) is 26.9. The second kappa shape index (κ2) is 9.79. The second-order valence-electron chi connectivity index (χ2n) is 6.34. The zero-order valence-electron chi connectivity index (χ0n) is 16.5. The maximum absolute atomic E-state index is 12.8. The molecule has 29 heavy (non-hydrogen) atoms. The molecule has 1 saturated heterocycles. The maximum atomic E-state index is 12.8. The number of nitrogens with one attached hydrogen (secondary N) is 1. The molecule has 8 nitrogen and oxygen atoms in total. The van der Waals surface area contributed by atoms with Crippen LogP contribution in [0.3, 0.4) is 0 Å². The summed E-state index contributed by atoms with van der Waals surface area (Å²) < 4.78 is 21.2. The maximum Gasteiger partial charge on any atom is 0.262 e. The first-order valence-corrected chi connectivity index (χ1v) is 9.22. The Bertz CT molecular complexity index is 842. The Morgan fingerprint density at radius 2 is 1.62 bits per heavy atom. The van der Waals surface area contributed by atoms with E-state index >= 15 is 0 Å². The summed E-state index contributed by atoms with van der Waals surface area (Å²) in [6.07, 6.45) is 0. The number of hydrogen-bond donors (Lipinski definition) is 1. The molecule has 154 valence electrons. The summed E-state index contributed by atoms with van der Waals surface area (Å²) in [5, 5.41) is 2.75. The van der Waals surface area contributed by atoms with Gasteiger partial charge in [-0.2, -0.15) is 0 Å². The molecule has 1 heterocycles. The van der Waals surface area contributed by atoms with E-state index in [9.17, 15) is 9.59 Å². The molecule has 1 N–H and O–H groups in total. The molecule has 1 fully saturated rings. The molecule has 0 bridgehead atoms. The summed E-state index contributed by atoms with van der Waals surface area (Å²) in [7, 11) is 3.07. The van der Waals surface area contributed by atoms with Gasteiger partial charge in [0.1, 0.15) is 17.2 Å². The highest BCUT2D eigenvalue weighted by molar-refractivity contribution is 6.04. The molecular weight excluding hydrogens is 376 g/mol. The van der Waals surface area contributed by atoms with Gasteiger partial charge in [-0.25, -0.2) is 0 Å². The van der Waals surface area contributed by atoms with Gasteiger partial charge in [-0.15, -0.1) is 0 Å². The van der Waals surface area contributed by atoms with Crippen LogP contribution >= 0.6 is 0 Å². The lowest BCUT2D eigenvalue weighted by atomic mass is 10.1.